The molecule has 0 saturated heterocycles. The number of amides is 2. The van der Waals surface area contributed by atoms with Crippen LogP contribution in [-0.2, 0) is 26.0 Å². The zero-order valence-corrected chi connectivity index (χ0v) is 19.3. The number of rotatable bonds is 8. The predicted molar refractivity (Wildman–Crippen MR) is 121 cm³/mol. The molecular weight excluding hydrogens is 434 g/mol. The average Bonchev–Trinajstić information content (AvgIpc) is 3.08. The molecule has 32 heavy (non-hydrogen) atoms. The summed E-state index contributed by atoms with van der Waals surface area (Å²) in [5.41, 5.74) is 2.02. The molecule has 3 rings (SSSR count). The summed E-state index contributed by atoms with van der Waals surface area (Å²) < 4.78 is 38.1. The summed E-state index contributed by atoms with van der Waals surface area (Å²) in [7, 11) is -0.788. The van der Waals surface area contributed by atoms with Gasteiger partial charge in [0.05, 0.1) is 19.1 Å². The molecule has 0 fully saturated rings. The lowest BCUT2D eigenvalue weighted by Crippen LogP contribution is -2.33. The first-order chi connectivity index (χ1) is 15.1. The molecule has 0 aromatic heterocycles. The number of carbonyl (C=O) groups excluding carboxylic acids is 2. The maximum atomic E-state index is 12.7. The zero-order valence-electron chi connectivity index (χ0n) is 18.5. The third-order valence-corrected chi connectivity index (χ3v) is 6.65. The number of ether oxygens (including phenoxy) is 2. The smallest absolute Gasteiger partial charge is 0.240 e. The Balaban J connectivity index is 1.61. The molecule has 0 aliphatic carbocycles. The van der Waals surface area contributed by atoms with Crippen LogP contribution in [0.2, 0.25) is 0 Å². The molecule has 1 atom stereocenters. The first-order valence-electron chi connectivity index (χ1n) is 10.1. The summed E-state index contributed by atoms with van der Waals surface area (Å²) in [6, 6.07) is 9.64. The van der Waals surface area contributed by atoms with Crippen molar-refractivity contribution in [2.24, 2.45) is 0 Å². The first kappa shape index (κ1) is 23.6. The van der Waals surface area contributed by atoms with Crippen LogP contribution in [0.1, 0.15) is 25.8 Å². The van der Waals surface area contributed by atoms with E-state index in [1.165, 1.54) is 27.2 Å². The van der Waals surface area contributed by atoms with Crippen LogP contribution in [0.15, 0.2) is 41.3 Å². The van der Waals surface area contributed by atoms with Crippen molar-refractivity contribution in [3.05, 3.63) is 42.0 Å². The predicted octanol–water partition coefficient (Wildman–Crippen LogP) is 2.31. The fraction of sp³-hybridized carbons (Fsp3) is 0.364. The Hall–Kier alpha value is -3.11. The summed E-state index contributed by atoms with van der Waals surface area (Å²) in [4.78, 5) is 25.9. The highest BCUT2D eigenvalue weighted by molar-refractivity contribution is 7.89. The number of hydrogen-bond acceptors (Lipinski definition) is 6. The van der Waals surface area contributed by atoms with E-state index in [-0.39, 0.29) is 35.7 Å². The highest BCUT2D eigenvalue weighted by Gasteiger charge is 2.30. The Morgan fingerprint density at radius 3 is 2.34 bits per heavy atom. The molecule has 2 aromatic carbocycles. The largest absolute Gasteiger partial charge is 0.497 e. The summed E-state index contributed by atoms with van der Waals surface area (Å²) in [6.07, 6.45) is 0.531. The summed E-state index contributed by atoms with van der Waals surface area (Å²) in [5, 5.41) is 2.70. The number of carbonyl (C=O) groups is 2. The number of methoxy groups -OCH3 is 2. The van der Waals surface area contributed by atoms with Gasteiger partial charge >= 0.3 is 0 Å². The minimum absolute atomic E-state index is 0.0210. The number of sulfonamides is 1. The van der Waals surface area contributed by atoms with E-state index >= 15 is 0 Å². The van der Waals surface area contributed by atoms with Gasteiger partial charge in [0.25, 0.3) is 0 Å². The molecule has 2 aromatic rings. The van der Waals surface area contributed by atoms with Gasteiger partial charge in [-0.25, -0.2) is 13.1 Å². The number of hydrogen-bond donors (Lipinski definition) is 2. The van der Waals surface area contributed by atoms with Gasteiger partial charge in [-0.05, 0) is 37.1 Å². The van der Waals surface area contributed by atoms with Crippen molar-refractivity contribution in [1.82, 2.24) is 4.72 Å². The van der Waals surface area contributed by atoms with Gasteiger partial charge < -0.3 is 19.7 Å². The minimum atomic E-state index is -3.80. The highest BCUT2D eigenvalue weighted by Crippen LogP contribution is 2.33. The van der Waals surface area contributed by atoms with E-state index in [2.05, 4.69) is 10.0 Å². The topological polar surface area (TPSA) is 114 Å². The molecule has 1 aliphatic heterocycles. The third-order valence-electron chi connectivity index (χ3n) is 5.20. The summed E-state index contributed by atoms with van der Waals surface area (Å²) in [5.74, 6) is 0.608. The van der Waals surface area contributed by atoms with E-state index in [4.69, 9.17) is 9.47 Å². The molecule has 2 N–H and O–H groups in total. The SMILES string of the molecule is COc1cc(NC(=O)CCNS(=O)(=O)c2ccc3c(c2)CC(C)N3C(C)=O)cc(OC)c1. The molecule has 1 heterocycles. The Labute approximate surface area is 187 Å². The van der Waals surface area contributed by atoms with Crippen LogP contribution in [0.5, 0.6) is 11.5 Å². The molecule has 0 saturated carbocycles. The molecule has 2 amide bonds. The van der Waals surface area contributed by atoms with E-state index in [1.807, 2.05) is 6.92 Å². The van der Waals surface area contributed by atoms with Crippen molar-refractivity contribution in [3.63, 3.8) is 0 Å². The van der Waals surface area contributed by atoms with Crippen molar-refractivity contribution in [3.8, 4) is 11.5 Å². The number of fused-ring (bicyclic) bond motifs is 1. The minimum Gasteiger partial charge on any atom is -0.497 e. The quantitative estimate of drug-likeness (QED) is 0.624. The normalized spacial score (nSPS) is 15.2. The molecule has 172 valence electrons. The van der Waals surface area contributed by atoms with Gasteiger partial charge in [-0.3, -0.25) is 9.59 Å². The van der Waals surface area contributed by atoms with E-state index in [9.17, 15) is 18.0 Å². The second-order valence-corrected chi connectivity index (χ2v) is 9.30. The Bertz CT molecular complexity index is 1110. The van der Waals surface area contributed by atoms with Gasteiger partial charge in [0.1, 0.15) is 11.5 Å². The van der Waals surface area contributed by atoms with Gasteiger partial charge in [-0.1, -0.05) is 0 Å². The average molecular weight is 462 g/mol. The van der Waals surface area contributed by atoms with Gasteiger partial charge in [0.2, 0.25) is 21.8 Å². The second kappa shape index (κ2) is 9.58. The number of benzene rings is 2. The van der Waals surface area contributed by atoms with Crippen LogP contribution in [-0.4, -0.2) is 47.0 Å². The van der Waals surface area contributed by atoms with Crippen LogP contribution >= 0.6 is 0 Å². The number of nitrogens with one attached hydrogen (secondary N) is 2. The maximum Gasteiger partial charge on any atom is 0.240 e. The van der Waals surface area contributed by atoms with Crippen molar-refractivity contribution < 1.29 is 27.5 Å². The van der Waals surface area contributed by atoms with Crippen LogP contribution in [0, 0.1) is 0 Å². The van der Waals surface area contributed by atoms with Crippen LogP contribution < -0.4 is 24.4 Å². The van der Waals surface area contributed by atoms with Gasteiger partial charge in [-0.2, -0.15) is 0 Å². The zero-order chi connectivity index (χ0) is 23.5. The second-order valence-electron chi connectivity index (χ2n) is 7.53. The van der Waals surface area contributed by atoms with Crippen molar-refractivity contribution in [2.45, 2.75) is 37.6 Å². The van der Waals surface area contributed by atoms with E-state index in [0.29, 0.717) is 23.6 Å². The van der Waals surface area contributed by atoms with Crippen molar-refractivity contribution in [1.29, 1.82) is 0 Å². The molecule has 0 bridgehead atoms. The lowest BCUT2D eigenvalue weighted by atomic mass is 10.1. The fourth-order valence-corrected chi connectivity index (χ4v) is 4.82. The molecule has 0 radical (unpaired) electrons. The molecular formula is C22H27N3O6S. The fourth-order valence-electron chi connectivity index (χ4n) is 3.74. The van der Waals surface area contributed by atoms with Crippen molar-refractivity contribution in [2.75, 3.05) is 31.0 Å². The Kier molecular flexibility index (Phi) is 7.05. The Morgan fingerprint density at radius 2 is 1.75 bits per heavy atom. The molecule has 0 spiro atoms. The van der Waals surface area contributed by atoms with E-state index < -0.39 is 10.0 Å². The lowest BCUT2D eigenvalue weighted by molar-refractivity contribution is -0.117. The van der Waals surface area contributed by atoms with Crippen LogP contribution in [0.3, 0.4) is 0 Å². The van der Waals surface area contributed by atoms with Crippen molar-refractivity contribution >= 4 is 33.2 Å². The third kappa shape index (κ3) is 5.20. The molecule has 1 unspecified atom stereocenters. The Morgan fingerprint density at radius 1 is 1.09 bits per heavy atom. The van der Waals surface area contributed by atoms with E-state index in [0.717, 1.165) is 11.3 Å². The molecule has 9 nitrogen and oxygen atoms in total. The monoisotopic (exact) mass is 461 g/mol. The maximum absolute atomic E-state index is 12.7. The van der Waals surface area contributed by atoms with E-state index in [1.54, 1.807) is 35.2 Å². The van der Waals surface area contributed by atoms with Crippen LogP contribution in [0.4, 0.5) is 11.4 Å². The van der Waals surface area contributed by atoms with Gasteiger partial charge in [0, 0.05) is 55.5 Å². The highest BCUT2D eigenvalue weighted by atomic mass is 32.2. The summed E-state index contributed by atoms with van der Waals surface area (Å²) >= 11 is 0. The van der Waals surface area contributed by atoms with Gasteiger partial charge in [-0.15, -0.1) is 0 Å². The molecule has 1 aliphatic rings. The van der Waals surface area contributed by atoms with Gasteiger partial charge in [0.15, 0.2) is 0 Å². The number of anilines is 2. The van der Waals surface area contributed by atoms with Crippen LogP contribution in [0.25, 0.3) is 0 Å². The number of nitrogens with zero attached hydrogens (tertiary/aromatic N) is 1. The standard InChI is InChI=1S/C22H27N3O6S/c1-14-9-16-10-20(5-6-21(16)25(14)15(2)26)32(28,29)23-8-7-22(27)24-17-11-18(30-3)13-19(12-17)31-4/h5-6,10-14,23H,7-9H2,1-4H3,(H,24,27). The molecule has 10 heteroatoms. The lowest BCUT2D eigenvalue weighted by Gasteiger charge is -2.20. The first-order valence-corrected chi connectivity index (χ1v) is 11.6. The summed E-state index contributed by atoms with van der Waals surface area (Å²) in [6.45, 7) is 3.34.